The Labute approximate surface area is 162 Å². The van der Waals surface area contributed by atoms with Gasteiger partial charge in [0.2, 0.25) is 0 Å². The van der Waals surface area contributed by atoms with Crippen molar-refractivity contribution in [2.45, 2.75) is 6.42 Å². The minimum atomic E-state index is -0.173. The van der Waals surface area contributed by atoms with Crippen LogP contribution in [0.5, 0.6) is 11.5 Å². The molecule has 0 saturated carbocycles. The molecule has 0 radical (unpaired) electrons. The van der Waals surface area contributed by atoms with Crippen molar-refractivity contribution in [1.29, 1.82) is 0 Å². The Morgan fingerprint density at radius 1 is 1.22 bits per heavy atom. The molecule has 0 saturated heterocycles. The number of halogens is 1. The van der Waals surface area contributed by atoms with Gasteiger partial charge in [0.05, 0.1) is 11.6 Å². The summed E-state index contributed by atoms with van der Waals surface area (Å²) in [7, 11) is 0. The fourth-order valence-electron chi connectivity index (χ4n) is 3.20. The van der Waals surface area contributed by atoms with E-state index in [1.54, 1.807) is 18.3 Å². The van der Waals surface area contributed by atoms with Crippen molar-refractivity contribution in [1.82, 2.24) is 10.3 Å². The zero-order chi connectivity index (χ0) is 18.6. The van der Waals surface area contributed by atoms with Gasteiger partial charge in [0, 0.05) is 24.0 Å². The average molecular weight is 383 g/mol. The lowest BCUT2D eigenvalue weighted by Gasteiger charge is -2.25. The van der Waals surface area contributed by atoms with E-state index < -0.39 is 0 Å². The van der Waals surface area contributed by atoms with Crippen LogP contribution in [-0.4, -0.2) is 30.6 Å². The van der Waals surface area contributed by atoms with Gasteiger partial charge < -0.3 is 14.8 Å². The number of hydrogen-bond acceptors (Lipinski definition) is 4. The first-order valence-corrected chi connectivity index (χ1v) is 9.22. The number of hydrogen-bond donors (Lipinski definition) is 1. The van der Waals surface area contributed by atoms with Gasteiger partial charge >= 0.3 is 0 Å². The highest BCUT2D eigenvalue weighted by molar-refractivity contribution is 6.35. The van der Waals surface area contributed by atoms with Crippen LogP contribution in [0.25, 0.3) is 10.9 Å². The van der Waals surface area contributed by atoms with Crippen LogP contribution in [0.2, 0.25) is 5.02 Å². The van der Waals surface area contributed by atoms with Crippen LogP contribution >= 0.6 is 11.6 Å². The van der Waals surface area contributed by atoms with Crippen molar-refractivity contribution >= 4 is 28.4 Å². The number of nitrogens with one attached hydrogen (secondary N) is 1. The third-order valence-electron chi connectivity index (χ3n) is 4.58. The Bertz CT molecular complexity index is 977. The van der Waals surface area contributed by atoms with E-state index in [0.717, 1.165) is 17.6 Å². The van der Waals surface area contributed by atoms with Gasteiger partial charge in [-0.15, -0.1) is 0 Å². The first kappa shape index (κ1) is 17.6. The number of carbonyl (C=O) groups is 1. The Morgan fingerprint density at radius 2 is 2.11 bits per heavy atom. The number of fused-ring (bicyclic) bond motifs is 2. The number of ether oxygens (including phenoxy) is 2. The molecule has 0 bridgehead atoms. The van der Waals surface area contributed by atoms with E-state index in [2.05, 4.69) is 16.4 Å². The minimum Gasteiger partial charge on any atom is -0.493 e. The third-order valence-corrected chi connectivity index (χ3v) is 4.91. The van der Waals surface area contributed by atoms with Crippen LogP contribution in [-0.2, 0) is 11.2 Å². The lowest BCUT2D eigenvalue weighted by Crippen LogP contribution is -2.37. The summed E-state index contributed by atoms with van der Waals surface area (Å²) in [4.78, 5) is 16.5. The first-order valence-electron chi connectivity index (χ1n) is 8.84. The number of amides is 1. The van der Waals surface area contributed by atoms with Crippen LogP contribution in [0.4, 0.5) is 0 Å². The highest BCUT2D eigenvalue weighted by atomic mass is 35.5. The van der Waals surface area contributed by atoms with E-state index >= 15 is 0 Å². The normalized spacial score (nSPS) is 15.7. The van der Waals surface area contributed by atoms with Crippen LogP contribution in [0.15, 0.2) is 54.7 Å². The second kappa shape index (κ2) is 7.84. The van der Waals surface area contributed by atoms with Crippen molar-refractivity contribution < 1.29 is 14.3 Å². The van der Waals surface area contributed by atoms with Crippen molar-refractivity contribution in [3.05, 3.63) is 65.3 Å². The zero-order valence-corrected chi connectivity index (χ0v) is 15.4. The molecule has 0 aliphatic carbocycles. The molecule has 0 fully saturated rings. The van der Waals surface area contributed by atoms with E-state index in [9.17, 15) is 4.79 Å². The molecule has 2 aromatic carbocycles. The van der Waals surface area contributed by atoms with Crippen LogP contribution in [0.3, 0.4) is 0 Å². The Morgan fingerprint density at radius 3 is 3.04 bits per heavy atom. The van der Waals surface area contributed by atoms with Crippen molar-refractivity contribution in [2.24, 2.45) is 5.92 Å². The van der Waals surface area contributed by atoms with E-state index in [4.69, 9.17) is 21.1 Å². The minimum absolute atomic E-state index is 0.0720. The maximum Gasteiger partial charge on any atom is 0.257 e. The van der Waals surface area contributed by atoms with Gasteiger partial charge in [-0.25, -0.2) is 0 Å². The van der Waals surface area contributed by atoms with Gasteiger partial charge in [-0.1, -0.05) is 29.8 Å². The van der Waals surface area contributed by atoms with E-state index in [-0.39, 0.29) is 18.4 Å². The standard InChI is InChI=1S/C21H19ClN2O3/c22-17-7-8-19(21-16(17)5-3-9-23-21)27-13-20(25)24-11-14-10-15-4-1-2-6-18(15)26-12-14/h1-9,14H,10-13H2,(H,24,25)/t14-/m1/s1. The molecule has 1 aliphatic rings. The largest absolute Gasteiger partial charge is 0.493 e. The predicted octanol–water partition coefficient (Wildman–Crippen LogP) is 3.63. The topological polar surface area (TPSA) is 60.5 Å². The maximum atomic E-state index is 12.2. The lowest BCUT2D eigenvalue weighted by atomic mass is 9.97. The zero-order valence-electron chi connectivity index (χ0n) is 14.7. The third kappa shape index (κ3) is 3.98. The van der Waals surface area contributed by atoms with E-state index in [1.807, 2.05) is 30.3 Å². The molecule has 1 amide bonds. The summed E-state index contributed by atoms with van der Waals surface area (Å²) in [5.74, 6) is 1.56. The summed E-state index contributed by atoms with van der Waals surface area (Å²) in [6.45, 7) is 1.08. The number of para-hydroxylation sites is 1. The summed E-state index contributed by atoms with van der Waals surface area (Å²) in [5, 5.41) is 4.33. The second-order valence-electron chi connectivity index (χ2n) is 6.53. The molecule has 1 aliphatic heterocycles. The van der Waals surface area contributed by atoms with E-state index in [1.165, 1.54) is 5.56 Å². The molecule has 4 rings (SSSR count). The van der Waals surface area contributed by atoms with Gasteiger partial charge in [-0.05, 0) is 42.3 Å². The first-order chi connectivity index (χ1) is 13.2. The van der Waals surface area contributed by atoms with Gasteiger partial charge in [0.25, 0.3) is 5.91 Å². The number of rotatable bonds is 5. The van der Waals surface area contributed by atoms with Crippen molar-refractivity contribution in [3.8, 4) is 11.5 Å². The molecule has 0 spiro atoms. The Hall–Kier alpha value is -2.79. The second-order valence-corrected chi connectivity index (χ2v) is 6.93. The Balaban J connectivity index is 1.32. The van der Waals surface area contributed by atoms with Crippen LogP contribution < -0.4 is 14.8 Å². The molecule has 3 aromatic rings. The fraction of sp³-hybridized carbons (Fsp3) is 0.238. The van der Waals surface area contributed by atoms with Gasteiger partial charge in [-0.2, -0.15) is 0 Å². The van der Waals surface area contributed by atoms with Crippen LogP contribution in [0, 0.1) is 5.92 Å². The average Bonchev–Trinajstić information content (AvgIpc) is 2.72. The molecular weight excluding hydrogens is 364 g/mol. The highest BCUT2D eigenvalue weighted by Crippen LogP contribution is 2.29. The summed E-state index contributed by atoms with van der Waals surface area (Å²) in [5.41, 5.74) is 1.83. The monoisotopic (exact) mass is 382 g/mol. The number of nitrogens with zero attached hydrogens (tertiary/aromatic N) is 1. The Kier molecular flexibility index (Phi) is 5.12. The molecule has 0 unspecified atom stereocenters. The molecular formula is C21H19ClN2O3. The predicted molar refractivity (Wildman–Crippen MR) is 104 cm³/mol. The van der Waals surface area contributed by atoms with Gasteiger partial charge in [0.1, 0.15) is 17.0 Å². The molecule has 1 N–H and O–H groups in total. The quantitative estimate of drug-likeness (QED) is 0.732. The fourth-order valence-corrected chi connectivity index (χ4v) is 3.42. The molecule has 2 heterocycles. The summed E-state index contributed by atoms with van der Waals surface area (Å²) in [6.07, 6.45) is 2.57. The molecule has 1 aromatic heterocycles. The lowest BCUT2D eigenvalue weighted by molar-refractivity contribution is -0.123. The number of carbonyl (C=O) groups excluding carboxylic acids is 1. The molecule has 27 heavy (non-hydrogen) atoms. The summed E-state index contributed by atoms with van der Waals surface area (Å²) in [6, 6.07) is 15.2. The maximum absolute atomic E-state index is 12.2. The molecule has 1 atom stereocenters. The summed E-state index contributed by atoms with van der Waals surface area (Å²) >= 11 is 6.18. The number of benzene rings is 2. The summed E-state index contributed by atoms with van der Waals surface area (Å²) < 4.78 is 11.4. The van der Waals surface area contributed by atoms with Gasteiger partial charge in [-0.3, -0.25) is 9.78 Å². The molecule has 138 valence electrons. The SMILES string of the molecule is O=C(COc1ccc(Cl)c2cccnc12)NC[C@@H]1COc2ccccc2C1. The number of pyridine rings is 1. The smallest absolute Gasteiger partial charge is 0.257 e. The number of aromatic nitrogens is 1. The van der Waals surface area contributed by atoms with Crippen molar-refractivity contribution in [3.63, 3.8) is 0 Å². The molecule has 5 nitrogen and oxygen atoms in total. The van der Waals surface area contributed by atoms with Gasteiger partial charge in [0.15, 0.2) is 6.61 Å². The molecule has 6 heteroatoms. The van der Waals surface area contributed by atoms with Crippen molar-refractivity contribution in [2.75, 3.05) is 19.8 Å². The van der Waals surface area contributed by atoms with Crippen LogP contribution in [0.1, 0.15) is 5.56 Å². The van der Waals surface area contributed by atoms with E-state index in [0.29, 0.717) is 29.4 Å². The highest BCUT2D eigenvalue weighted by Gasteiger charge is 2.20.